The van der Waals surface area contributed by atoms with E-state index in [1.54, 1.807) is 24.1 Å². The molecule has 0 aliphatic rings. The maximum absolute atomic E-state index is 12.4. The molecular formula is C19H23ClN2O2. The lowest BCUT2D eigenvalue weighted by Crippen LogP contribution is -2.30. The van der Waals surface area contributed by atoms with Crippen molar-refractivity contribution in [2.45, 2.75) is 6.92 Å². The van der Waals surface area contributed by atoms with Crippen molar-refractivity contribution in [2.24, 2.45) is 0 Å². The molecule has 0 bridgehead atoms. The van der Waals surface area contributed by atoms with E-state index < -0.39 is 0 Å². The highest BCUT2D eigenvalue weighted by Gasteiger charge is 2.12. The third-order valence-electron chi connectivity index (χ3n) is 3.87. The number of carbonyl (C=O) groups is 1. The average Bonchev–Trinajstić information content (AvgIpc) is 2.60. The quantitative estimate of drug-likeness (QED) is 0.761. The van der Waals surface area contributed by atoms with Crippen LogP contribution in [0.3, 0.4) is 0 Å². The number of likely N-dealkylation sites (N-methyl/N-ethyl adjacent to an activating group) is 1. The second-order valence-electron chi connectivity index (χ2n) is 5.59. The minimum absolute atomic E-state index is 0.0182. The van der Waals surface area contributed by atoms with Gasteiger partial charge in [-0.15, -0.1) is 0 Å². The van der Waals surface area contributed by atoms with Gasteiger partial charge in [-0.2, -0.15) is 0 Å². The number of halogens is 1. The number of amides is 1. The first-order valence-corrected chi connectivity index (χ1v) is 8.34. The topological polar surface area (TPSA) is 32.8 Å². The standard InChI is InChI=1S/C19H23ClN2O2/c1-4-21(2)17-10-8-15(9-11-17)19(23)22(3)12-13-24-18-7-5-6-16(20)14-18/h5-11,14H,4,12-13H2,1-3H3. The molecule has 128 valence electrons. The van der Waals surface area contributed by atoms with Gasteiger partial charge in [-0.25, -0.2) is 0 Å². The average molecular weight is 347 g/mol. The Hall–Kier alpha value is -2.20. The van der Waals surface area contributed by atoms with E-state index in [1.165, 1.54) is 0 Å². The summed E-state index contributed by atoms with van der Waals surface area (Å²) in [5, 5.41) is 0.633. The van der Waals surface area contributed by atoms with E-state index in [0.29, 0.717) is 29.5 Å². The summed E-state index contributed by atoms with van der Waals surface area (Å²) in [5.41, 5.74) is 1.77. The fraction of sp³-hybridized carbons (Fsp3) is 0.316. The summed E-state index contributed by atoms with van der Waals surface area (Å²) < 4.78 is 5.62. The summed E-state index contributed by atoms with van der Waals surface area (Å²) in [5.74, 6) is 0.686. The number of ether oxygens (including phenoxy) is 1. The minimum atomic E-state index is -0.0182. The predicted octanol–water partition coefficient (Wildman–Crippen LogP) is 3.95. The zero-order valence-corrected chi connectivity index (χ0v) is 15.1. The third kappa shape index (κ3) is 4.90. The van der Waals surface area contributed by atoms with Gasteiger partial charge in [0.15, 0.2) is 0 Å². The Morgan fingerprint density at radius 2 is 1.83 bits per heavy atom. The maximum Gasteiger partial charge on any atom is 0.253 e. The van der Waals surface area contributed by atoms with Crippen molar-refractivity contribution in [2.75, 3.05) is 38.7 Å². The van der Waals surface area contributed by atoms with Gasteiger partial charge in [-0.3, -0.25) is 4.79 Å². The molecule has 0 aliphatic carbocycles. The summed E-state index contributed by atoms with van der Waals surface area (Å²) in [4.78, 5) is 16.2. The van der Waals surface area contributed by atoms with Gasteiger partial charge in [0.2, 0.25) is 0 Å². The second-order valence-corrected chi connectivity index (χ2v) is 6.03. The Morgan fingerprint density at radius 3 is 2.46 bits per heavy atom. The number of hydrogen-bond acceptors (Lipinski definition) is 3. The SMILES string of the molecule is CCN(C)c1ccc(C(=O)N(C)CCOc2cccc(Cl)c2)cc1. The van der Waals surface area contributed by atoms with E-state index >= 15 is 0 Å². The van der Waals surface area contributed by atoms with Gasteiger partial charge in [-0.05, 0) is 49.4 Å². The third-order valence-corrected chi connectivity index (χ3v) is 4.10. The zero-order chi connectivity index (χ0) is 17.5. The van der Waals surface area contributed by atoms with Crippen molar-refractivity contribution >= 4 is 23.2 Å². The molecule has 0 aromatic heterocycles. The van der Waals surface area contributed by atoms with Gasteiger partial charge in [0.1, 0.15) is 12.4 Å². The molecule has 1 amide bonds. The van der Waals surface area contributed by atoms with Crippen LogP contribution in [-0.4, -0.2) is 44.6 Å². The summed E-state index contributed by atoms with van der Waals surface area (Å²) >= 11 is 5.91. The number of rotatable bonds is 7. The lowest BCUT2D eigenvalue weighted by atomic mass is 10.1. The minimum Gasteiger partial charge on any atom is -0.492 e. The summed E-state index contributed by atoms with van der Waals surface area (Å²) in [6.07, 6.45) is 0. The first kappa shape index (κ1) is 18.1. The molecule has 0 atom stereocenters. The summed E-state index contributed by atoms with van der Waals surface area (Å²) in [6.45, 7) is 3.93. The Bertz CT molecular complexity index is 673. The molecule has 0 spiro atoms. The van der Waals surface area contributed by atoms with Crippen molar-refractivity contribution < 1.29 is 9.53 Å². The van der Waals surface area contributed by atoms with Crippen LogP contribution in [0.2, 0.25) is 5.02 Å². The van der Waals surface area contributed by atoms with Crippen LogP contribution >= 0.6 is 11.6 Å². The number of benzene rings is 2. The van der Waals surface area contributed by atoms with Gasteiger partial charge in [0.05, 0.1) is 6.54 Å². The Morgan fingerprint density at radius 1 is 1.12 bits per heavy atom. The monoisotopic (exact) mass is 346 g/mol. The molecule has 0 fully saturated rings. The molecule has 5 heteroatoms. The predicted molar refractivity (Wildman–Crippen MR) is 99.3 cm³/mol. The van der Waals surface area contributed by atoms with Crippen LogP contribution in [0.4, 0.5) is 5.69 Å². The van der Waals surface area contributed by atoms with Crippen LogP contribution in [0.15, 0.2) is 48.5 Å². The molecule has 4 nitrogen and oxygen atoms in total. The molecule has 0 heterocycles. The number of anilines is 1. The second kappa shape index (κ2) is 8.60. The van der Waals surface area contributed by atoms with E-state index in [4.69, 9.17) is 16.3 Å². The largest absolute Gasteiger partial charge is 0.492 e. The molecule has 2 aromatic rings. The molecule has 24 heavy (non-hydrogen) atoms. The van der Waals surface area contributed by atoms with Gasteiger partial charge in [0.25, 0.3) is 5.91 Å². The molecule has 2 rings (SSSR count). The fourth-order valence-corrected chi connectivity index (χ4v) is 2.40. The molecule has 2 aromatic carbocycles. The maximum atomic E-state index is 12.4. The fourth-order valence-electron chi connectivity index (χ4n) is 2.22. The van der Waals surface area contributed by atoms with Gasteiger partial charge >= 0.3 is 0 Å². The number of hydrogen-bond donors (Lipinski definition) is 0. The molecule has 0 unspecified atom stereocenters. The lowest BCUT2D eigenvalue weighted by Gasteiger charge is -2.19. The van der Waals surface area contributed by atoms with Crippen LogP contribution in [0, 0.1) is 0 Å². The Kier molecular flexibility index (Phi) is 6.50. The van der Waals surface area contributed by atoms with E-state index in [9.17, 15) is 4.79 Å². The van der Waals surface area contributed by atoms with E-state index in [1.807, 2.05) is 43.4 Å². The highest BCUT2D eigenvalue weighted by Crippen LogP contribution is 2.17. The van der Waals surface area contributed by atoms with Crippen LogP contribution in [0.25, 0.3) is 0 Å². The van der Waals surface area contributed by atoms with Crippen molar-refractivity contribution in [1.29, 1.82) is 0 Å². The smallest absolute Gasteiger partial charge is 0.253 e. The van der Waals surface area contributed by atoms with Crippen molar-refractivity contribution in [1.82, 2.24) is 4.90 Å². The van der Waals surface area contributed by atoms with Crippen molar-refractivity contribution in [3.8, 4) is 5.75 Å². The van der Waals surface area contributed by atoms with Crippen molar-refractivity contribution in [3.63, 3.8) is 0 Å². The van der Waals surface area contributed by atoms with E-state index in [0.717, 1.165) is 12.2 Å². The van der Waals surface area contributed by atoms with Gasteiger partial charge in [0, 0.05) is 36.9 Å². The molecule has 0 aliphatic heterocycles. The molecular weight excluding hydrogens is 324 g/mol. The van der Waals surface area contributed by atoms with Crippen LogP contribution < -0.4 is 9.64 Å². The lowest BCUT2D eigenvalue weighted by molar-refractivity contribution is 0.0774. The highest BCUT2D eigenvalue weighted by atomic mass is 35.5. The molecule has 0 N–H and O–H groups in total. The summed E-state index contributed by atoms with van der Waals surface area (Å²) in [7, 11) is 3.80. The first-order chi connectivity index (χ1) is 11.5. The van der Waals surface area contributed by atoms with Crippen LogP contribution in [0.1, 0.15) is 17.3 Å². The Labute approximate surface area is 148 Å². The van der Waals surface area contributed by atoms with E-state index in [2.05, 4.69) is 11.8 Å². The van der Waals surface area contributed by atoms with Crippen LogP contribution in [0.5, 0.6) is 5.75 Å². The summed E-state index contributed by atoms with van der Waals surface area (Å²) in [6, 6.07) is 14.9. The Balaban J connectivity index is 1.87. The molecule has 0 saturated carbocycles. The van der Waals surface area contributed by atoms with Gasteiger partial charge in [-0.1, -0.05) is 17.7 Å². The van der Waals surface area contributed by atoms with Crippen LogP contribution in [-0.2, 0) is 0 Å². The van der Waals surface area contributed by atoms with Crippen molar-refractivity contribution in [3.05, 3.63) is 59.1 Å². The normalized spacial score (nSPS) is 10.3. The zero-order valence-electron chi connectivity index (χ0n) is 14.3. The first-order valence-electron chi connectivity index (χ1n) is 7.96. The number of carbonyl (C=O) groups excluding carboxylic acids is 1. The highest BCUT2D eigenvalue weighted by molar-refractivity contribution is 6.30. The molecule has 0 radical (unpaired) electrons. The number of nitrogens with zero attached hydrogens (tertiary/aromatic N) is 2. The van der Waals surface area contributed by atoms with Gasteiger partial charge < -0.3 is 14.5 Å². The van der Waals surface area contributed by atoms with E-state index in [-0.39, 0.29) is 5.91 Å². The molecule has 0 saturated heterocycles.